The van der Waals surface area contributed by atoms with Crippen molar-refractivity contribution in [2.45, 2.75) is 11.9 Å². The highest BCUT2D eigenvalue weighted by Crippen LogP contribution is 2.25. The van der Waals surface area contributed by atoms with Gasteiger partial charge in [0.05, 0.1) is 5.69 Å². The Morgan fingerprint density at radius 2 is 2.20 bits per heavy atom. The first-order valence-corrected chi connectivity index (χ1v) is 7.50. The van der Waals surface area contributed by atoms with Gasteiger partial charge < -0.3 is 4.98 Å². The molecule has 0 bridgehead atoms. The largest absolute Gasteiger partial charge is 0.310 e. The SMILES string of the molecule is CSc1nn(-c2cccc(Cl)c2)c2nc(C)[nH]c(=O)c12. The number of hydrogen-bond acceptors (Lipinski definition) is 4. The Balaban J connectivity index is 2.39. The summed E-state index contributed by atoms with van der Waals surface area (Å²) in [6.07, 6.45) is 1.88. The van der Waals surface area contributed by atoms with Gasteiger partial charge in [-0.2, -0.15) is 5.10 Å². The maximum atomic E-state index is 12.1. The molecule has 0 amide bonds. The van der Waals surface area contributed by atoms with Gasteiger partial charge in [-0.1, -0.05) is 17.7 Å². The van der Waals surface area contributed by atoms with Crippen molar-refractivity contribution in [3.8, 4) is 5.69 Å². The van der Waals surface area contributed by atoms with Crippen LogP contribution in [0.5, 0.6) is 0 Å². The third kappa shape index (κ3) is 2.10. The highest BCUT2D eigenvalue weighted by atomic mass is 35.5. The minimum Gasteiger partial charge on any atom is -0.310 e. The van der Waals surface area contributed by atoms with E-state index in [-0.39, 0.29) is 5.56 Å². The molecule has 3 aromatic rings. The van der Waals surface area contributed by atoms with Crippen LogP contribution in [0.3, 0.4) is 0 Å². The molecule has 0 fully saturated rings. The lowest BCUT2D eigenvalue weighted by molar-refractivity contribution is 0.849. The zero-order valence-corrected chi connectivity index (χ0v) is 12.4. The van der Waals surface area contributed by atoms with Gasteiger partial charge in [-0.25, -0.2) is 9.67 Å². The lowest BCUT2D eigenvalue weighted by Crippen LogP contribution is -2.10. The molecule has 102 valence electrons. The molecule has 0 saturated carbocycles. The van der Waals surface area contributed by atoms with Crippen molar-refractivity contribution >= 4 is 34.4 Å². The summed E-state index contributed by atoms with van der Waals surface area (Å²) in [5.74, 6) is 0.554. The summed E-state index contributed by atoms with van der Waals surface area (Å²) in [4.78, 5) is 19.2. The van der Waals surface area contributed by atoms with Gasteiger partial charge in [-0.3, -0.25) is 4.79 Å². The van der Waals surface area contributed by atoms with Crippen molar-refractivity contribution in [2.24, 2.45) is 0 Å². The summed E-state index contributed by atoms with van der Waals surface area (Å²) in [6.45, 7) is 1.74. The minimum atomic E-state index is -0.176. The second-order valence-corrected chi connectivity index (χ2v) is 5.48. The predicted molar refractivity (Wildman–Crippen MR) is 81.0 cm³/mol. The van der Waals surface area contributed by atoms with Gasteiger partial charge in [0.2, 0.25) is 0 Å². The van der Waals surface area contributed by atoms with E-state index in [1.807, 2.05) is 18.4 Å². The fourth-order valence-corrected chi connectivity index (χ4v) is 2.77. The van der Waals surface area contributed by atoms with Crippen molar-refractivity contribution in [2.75, 3.05) is 6.26 Å². The number of halogens is 1. The molecule has 1 aromatic carbocycles. The second-order valence-electron chi connectivity index (χ2n) is 4.25. The molecule has 0 radical (unpaired) electrons. The summed E-state index contributed by atoms with van der Waals surface area (Å²) in [5.41, 5.74) is 1.14. The Morgan fingerprint density at radius 3 is 2.90 bits per heavy atom. The number of rotatable bonds is 2. The first-order valence-electron chi connectivity index (χ1n) is 5.89. The van der Waals surface area contributed by atoms with Crippen LogP contribution < -0.4 is 5.56 Å². The van der Waals surface area contributed by atoms with E-state index in [0.29, 0.717) is 26.9 Å². The van der Waals surface area contributed by atoms with E-state index >= 15 is 0 Å². The Bertz CT molecular complexity index is 855. The van der Waals surface area contributed by atoms with E-state index < -0.39 is 0 Å². The quantitative estimate of drug-likeness (QED) is 0.739. The van der Waals surface area contributed by atoms with Crippen LogP contribution in [0.4, 0.5) is 0 Å². The maximum Gasteiger partial charge on any atom is 0.263 e. The molecular weight excluding hydrogens is 296 g/mol. The topological polar surface area (TPSA) is 63.6 Å². The molecule has 20 heavy (non-hydrogen) atoms. The first kappa shape index (κ1) is 13.2. The zero-order chi connectivity index (χ0) is 14.3. The number of aromatic nitrogens is 4. The van der Waals surface area contributed by atoms with Crippen molar-refractivity contribution in [3.63, 3.8) is 0 Å². The summed E-state index contributed by atoms with van der Waals surface area (Å²) in [6, 6.07) is 7.29. The zero-order valence-electron chi connectivity index (χ0n) is 10.8. The van der Waals surface area contributed by atoms with Crippen molar-refractivity contribution in [3.05, 3.63) is 45.5 Å². The Kier molecular flexibility index (Phi) is 3.27. The first-order chi connectivity index (χ1) is 9.60. The van der Waals surface area contributed by atoms with Crippen LogP contribution in [-0.2, 0) is 0 Å². The minimum absolute atomic E-state index is 0.176. The number of nitrogens with zero attached hydrogens (tertiary/aromatic N) is 3. The number of thioether (sulfide) groups is 1. The van der Waals surface area contributed by atoms with E-state index in [1.165, 1.54) is 11.8 Å². The summed E-state index contributed by atoms with van der Waals surface area (Å²) in [7, 11) is 0. The van der Waals surface area contributed by atoms with Crippen LogP contribution in [0, 0.1) is 6.92 Å². The van der Waals surface area contributed by atoms with Crippen LogP contribution in [-0.4, -0.2) is 26.0 Å². The van der Waals surface area contributed by atoms with E-state index in [2.05, 4.69) is 15.1 Å². The van der Waals surface area contributed by atoms with Crippen LogP contribution >= 0.6 is 23.4 Å². The van der Waals surface area contributed by atoms with Crippen LogP contribution in [0.25, 0.3) is 16.7 Å². The predicted octanol–water partition coefficient (Wildman–Crippen LogP) is 2.79. The molecule has 7 heteroatoms. The average Bonchev–Trinajstić information content (AvgIpc) is 2.77. The molecule has 0 aliphatic heterocycles. The average molecular weight is 307 g/mol. The van der Waals surface area contributed by atoms with Gasteiger partial charge in [-0.05, 0) is 31.4 Å². The van der Waals surface area contributed by atoms with E-state index in [4.69, 9.17) is 11.6 Å². The maximum absolute atomic E-state index is 12.1. The highest BCUT2D eigenvalue weighted by molar-refractivity contribution is 7.98. The second kappa shape index (κ2) is 4.96. The number of benzene rings is 1. The van der Waals surface area contributed by atoms with Crippen LogP contribution in [0.15, 0.2) is 34.1 Å². The van der Waals surface area contributed by atoms with Gasteiger partial charge in [-0.15, -0.1) is 11.8 Å². The lowest BCUT2D eigenvalue weighted by atomic mass is 10.3. The number of aryl methyl sites for hydroxylation is 1. The van der Waals surface area contributed by atoms with Crippen molar-refractivity contribution < 1.29 is 0 Å². The number of nitrogens with one attached hydrogen (secondary N) is 1. The fraction of sp³-hybridized carbons (Fsp3) is 0.154. The molecule has 0 unspecified atom stereocenters. The third-order valence-corrected chi connectivity index (χ3v) is 3.78. The standard InChI is InChI=1S/C13H11ClN4OS/c1-7-15-11-10(12(19)16-7)13(20-2)17-18(11)9-5-3-4-8(14)6-9/h3-6H,1-2H3,(H,15,16,19). The van der Waals surface area contributed by atoms with Gasteiger partial charge in [0.1, 0.15) is 16.2 Å². The van der Waals surface area contributed by atoms with E-state index in [1.54, 1.807) is 23.7 Å². The summed E-state index contributed by atoms with van der Waals surface area (Å²) < 4.78 is 1.65. The fourth-order valence-electron chi connectivity index (χ4n) is 2.04. The Labute approximate surface area is 124 Å². The molecule has 3 rings (SSSR count). The Hall–Kier alpha value is -1.79. The van der Waals surface area contributed by atoms with Crippen LogP contribution in [0.1, 0.15) is 5.82 Å². The molecule has 5 nitrogen and oxygen atoms in total. The van der Waals surface area contributed by atoms with Gasteiger partial charge in [0.15, 0.2) is 5.65 Å². The molecule has 0 aliphatic carbocycles. The lowest BCUT2D eigenvalue weighted by Gasteiger charge is -2.03. The molecule has 2 aromatic heterocycles. The van der Waals surface area contributed by atoms with Crippen molar-refractivity contribution in [1.82, 2.24) is 19.7 Å². The number of aromatic amines is 1. The number of H-pyrrole nitrogens is 1. The van der Waals surface area contributed by atoms with Gasteiger partial charge >= 0.3 is 0 Å². The monoisotopic (exact) mass is 306 g/mol. The highest BCUT2D eigenvalue weighted by Gasteiger charge is 2.16. The third-order valence-electron chi connectivity index (χ3n) is 2.87. The molecule has 0 spiro atoms. The van der Waals surface area contributed by atoms with Crippen molar-refractivity contribution in [1.29, 1.82) is 0 Å². The Morgan fingerprint density at radius 1 is 1.40 bits per heavy atom. The molecule has 0 aliphatic rings. The molecular formula is C13H11ClN4OS. The number of fused-ring (bicyclic) bond motifs is 1. The molecule has 2 heterocycles. The van der Waals surface area contributed by atoms with Gasteiger partial charge in [0.25, 0.3) is 5.56 Å². The molecule has 0 saturated heterocycles. The van der Waals surface area contributed by atoms with Crippen LogP contribution in [0.2, 0.25) is 5.02 Å². The normalized spacial score (nSPS) is 11.2. The smallest absolute Gasteiger partial charge is 0.263 e. The van der Waals surface area contributed by atoms with E-state index in [0.717, 1.165) is 5.69 Å². The summed E-state index contributed by atoms with van der Waals surface area (Å²) in [5, 5.41) is 6.22. The summed E-state index contributed by atoms with van der Waals surface area (Å²) >= 11 is 7.43. The molecule has 1 N–H and O–H groups in total. The number of hydrogen-bond donors (Lipinski definition) is 1. The van der Waals surface area contributed by atoms with Gasteiger partial charge in [0, 0.05) is 5.02 Å². The van der Waals surface area contributed by atoms with E-state index in [9.17, 15) is 4.79 Å². The molecule has 0 atom stereocenters.